The molecule has 2 amide bonds. The van der Waals surface area contributed by atoms with Crippen molar-refractivity contribution in [2.24, 2.45) is 5.10 Å². The first-order valence-corrected chi connectivity index (χ1v) is 14.7. The van der Waals surface area contributed by atoms with E-state index in [1.807, 2.05) is 31.2 Å². The van der Waals surface area contributed by atoms with Crippen molar-refractivity contribution in [3.8, 4) is 23.3 Å². The summed E-state index contributed by atoms with van der Waals surface area (Å²) in [5.41, 5.74) is 6.14. The van der Waals surface area contributed by atoms with Crippen LogP contribution < -0.4 is 30.3 Å². The van der Waals surface area contributed by atoms with E-state index in [0.717, 1.165) is 15.6 Å². The van der Waals surface area contributed by atoms with Crippen molar-refractivity contribution in [1.82, 2.24) is 16.1 Å². The fourth-order valence-corrected chi connectivity index (χ4v) is 4.88. The summed E-state index contributed by atoms with van der Waals surface area (Å²) in [5.74, 6) is 0.789. The molecule has 12 nitrogen and oxygen atoms in total. The van der Waals surface area contributed by atoms with Gasteiger partial charge in [0.25, 0.3) is 0 Å². The maximum absolute atomic E-state index is 12.4. The molecule has 0 saturated heterocycles. The Hall–Kier alpha value is -5.06. The Kier molecular flexibility index (Phi) is 11.4. The number of nitriles is 1. The smallest absolute Gasteiger partial charge is 0.337 e. The number of nitrogens with zero attached hydrogens (tertiary/aromatic N) is 2. The van der Waals surface area contributed by atoms with E-state index in [0.29, 0.717) is 47.3 Å². The summed E-state index contributed by atoms with van der Waals surface area (Å²) in [7, 11) is 1.27. The second kappa shape index (κ2) is 15.6. The number of ether oxygens (including phenoxy) is 4. The number of benzene rings is 3. The van der Waals surface area contributed by atoms with E-state index < -0.39 is 24.3 Å². The van der Waals surface area contributed by atoms with Crippen LogP contribution in [0.1, 0.15) is 42.1 Å². The van der Waals surface area contributed by atoms with Gasteiger partial charge in [-0.1, -0.05) is 18.2 Å². The molecule has 3 aromatic rings. The van der Waals surface area contributed by atoms with Gasteiger partial charge in [-0.15, -0.1) is 0 Å². The van der Waals surface area contributed by atoms with E-state index in [-0.39, 0.29) is 12.2 Å². The predicted octanol–water partition coefficient (Wildman–Crippen LogP) is 4.42. The van der Waals surface area contributed by atoms with Crippen molar-refractivity contribution in [3.05, 3.63) is 98.7 Å². The number of halogens is 1. The lowest BCUT2D eigenvalue weighted by Crippen LogP contribution is -2.45. The number of hydrogen-bond donors (Lipinski definition) is 4. The Morgan fingerprint density at radius 1 is 1.11 bits per heavy atom. The first kappa shape index (κ1) is 32.8. The lowest BCUT2D eigenvalue weighted by molar-refractivity contribution is -0.136. The third kappa shape index (κ3) is 8.75. The number of hydrogen-bond acceptors (Lipinski definition) is 10. The Balaban J connectivity index is 1.34. The Morgan fingerprint density at radius 2 is 1.87 bits per heavy atom. The SMILES string of the molecule is CCOc1cc([C@@H]2NC(=O)NC(C)=C2C(=O)OC)ccc1OC[C@H](O)N/N=C/c1ccc(OCc2ccc(C#N)cc2)c(Br)c1. The molecule has 13 heteroatoms. The molecule has 1 aliphatic heterocycles. The average Bonchev–Trinajstić information content (AvgIpc) is 3.03. The van der Waals surface area contributed by atoms with Gasteiger partial charge in [-0.25, -0.2) is 9.59 Å². The number of rotatable bonds is 13. The number of aliphatic hydroxyl groups is 1. The predicted molar refractivity (Wildman–Crippen MR) is 169 cm³/mol. The van der Waals surface area contributed by atoms with Crippen molar-refractivity contribution in [1.29, 1.82) is 5.26 Å². The molecule has 0 saturated carbocycles. The third-order valence-electron chi connectivity index (χ3n) is 6.54. The summed E-state index contributed by atoms with van der Waals surface area (Å²) >= 11 is 3.50. The molecule has 45 heavy (non-hydrogen) atoms. The fraction of sp³-hybridized carbons (Fsp3) is 0.250. The molecule has 1 aliphatic rings. The zero-order chi connectivity index (χ0) is 32.3. The van der Waals surface area contributed by atoms with E-state index in [2.05, 4.69) is 43.2 Å². The molecule has 4 N–H and O–H groups in total. The van der Waals surface area contributed by atoms with Gasteiger partial charge in [0, 0.05) is 5.70 Å². The molecule has 0 bridgehead atoms. The van der Waals surface area contributed by atoms with Gasteiger partial charge in [0.05, 0.1) is 47.7 Å². The summed E-state index contributed by atoms with van der Waals surface area (Å²) in [6.45, 7) is 3.96. The van der Waals surface area contributed by atoms with Crippen molar-refractivity contribution >= 4 is 34.1 Å². The number of carbonyl (C=O) groups excluding carboxylic acids is 2. The standard InChI is InChI=1S/C32H32BrN5O7/c1-4-43-27-14-23(30-29(31(40)42-3)19(2)36-32(41)37-30)10-12-26(27)45-18-28(39)38-35-16-22-9-11-25(24(33)13-22)44-17-21-7-5-20(15-34)6-8-21/h5-14,16,28,30,38-39H,4,17-18H2,1-3H3,(H2,36,37,41)/b35-16+/t28-,30-/m0/s1. The van der Waals surface area contributed by atoms with Gasteiger partial charge >= 0.3 is 12.0 Å². The van der Waals surface area contributed by atoms with Gasteiger partial charge in [0.1, 0.15) is 19.0 Å². The first-order valence-electron chi connectivity index (χ1n) is 13.9. The van der Waals surface area contributed by atoms with E-state index in [4.69, 9.17) is 24.2 Å². The van der Waals surface area contributed by atoms with E-state index in [9.17, 15) is 14.7 Å². The number of urea groups is 1. The summed E-state index contributed by atoms with van der Waals surface area (Å²) in [6.07, 6.45) is 0.398. The highest BCUT2D eigenvalue weighted by Crippen LogP contribution is 2.35. The van der Waals surface area contributed by atoms with Gasteiger partial charge in [0.15, 0.2) is 17.7 Å². The molecule has 0 fully saturated rings. The van der Waals surface area contributed by atoms with Crippen LogP contribution in [0.5, 0.6) is 17.2 Å². The lowest BCUT2D eigenvalue weighted by atomic mass is 9.95. The van der Waals surface area contributed by atoms with Crippen LogP contribution in [0.15, 0.2) is 81.5 Å². The number of esters is 1. The second-order valence-electron chi connectivity index (χ2n) is 9.70. The van der Waals surface area contributed by atoms with Crippen molar-refractivity contribution in [2.45, 2.75) is 32.7 Å². The van der Waals surface area contributed by atoms with Crippen molar-refractivity contribution < 1.29 is 33.6 Å². The first-order chi connectivity index (χ1) is 21.7. The van der Waals surface area contributed by atoms with Gasteiger partial charge in [-0.2, -0.15) is 10.4 Å². The van der Waals surface area contributed by atoms with Crippen LogP contribution >= 0.6 is 15.9 Å². The number of hydrazone groups is 1. The normalized spacial score (nSPS) is 15.0. The van der Waals surface area contributed by atoms with Gasteiger partial charge < -0.3 is 34.7 Å². The zero-order valence-electron chi connectivity index (χ0n) is 24.8. The highest BCUT2D eigenvalue weighted by atomic mass is 79.9. The second-order valence-corrected chi connectivity index (χ2v) is 10.6. The van der Waals surface area contributed by atoms with Crippen molar-refractivity contribution in [3.63, 3.8) is 0 Å². The van der Waals surface area contributed by atoms with E-state index in [1.165, 1.54) is 7.11 Å². The van der Waals surface area contributed by atoms with Crippen LogP contribution in [0.25, 0.3) is 0 Å². The zero-order valence-corrected chi connectivity index (χ0v) is 26.4. The summed E-state index contributed by atoms with van der Waals surface area (Å²) in [4.78, 5) is 24.6. The van der Waals surface area contributed by atoms with Crippen LogP contribution in [0.4, 0.5) is 4.79 Å². The summed E-state index contributed by atoms with van der Waals surface area (Å²) in [5, 5.41) is 28.8. The molecule has 0 aliphatic carbocycles. The largest absolute Gasteiger partial charge is 0.490 e. The Morgan fingerprint density at radius 3 is 2.56 bits per heavy atom. The molecule has 4 rings (SSSR count). The quantitative estimate of drug-likeness (QED) is 0.0887. The lowest BCUT2D eigenvalue weighted by Gasteiger charge is -2.28. The minimum atomic E-state index is -1.14. The number of methoxy groups -OCH3 is 1. The van der Waals surface area contributed by atoms with Crippen LogP contribution in [0.2, 0.25) is 0 Å². The number of carbonyl (C=O) groups is 2. The minimum Gasteiger partial charge on any atom is -0.490 e. The topological polar surface area (TPSA) is 164 Å². The number of aliphatic hydroxyl groups excluding tert-OH is 1. The molecular formula is C32H32BrN5O7. The Bertz CT molecular complexity index is 1640. The molecule has 3 aromatic carbocycles. The van der Waals surface area contributed by atoms with E-state index >= 15 is 0 Å². The minimum absolute atomic E-state index is 0.154. The maximum Gasteiger partial charge on any atom is 0.337 e. The average molecular weight is 679 g/mol. The molecule has 0 aromatic heterocycles. The van der Waals surface area contributed by atoms with E-state index in [1.54, 1.807) is 49.5 Å². The number of nitrogens with one attached hydrogen (secondary N) is 3. The van der Waals surface area contributed by atoms with Crippen molar-refractivity contribution in [2.75, 3.05) is 20.3 Å². The molecule has 0 radical (unpaired) electrons. The van der Waals surface area contributed by atoms with Gasteiger partial charge in [-0.3, -0.25) is 5.43 Å². The third-order valence-corrected chi connectivity index (χ3v) is 7.16. The molecule has 0 unspecified atom stereocenters. The molecule has 1 heterocycles. The fourth-order valence-electron chi connectivity index (χ4n) is 4.37. The number of allylic oxidation sites excluding steroid dienone is 1. The van der Waals surface area contributed by atoms with Crippen LogP contribution in [-0.4, -0.2) is 49.9 Å². The highest BCUT2D eigenvalue weighted by molar-refractivity contribution is 9.10. The number of amides is 2. The molecular weight excluding hydrogens is 646 g/mol. The Labute approximate surface area is 268 Å². The van der Waals surface area contributed by atoms with Crippen LogP contribution in [0, 0.1) is 11.3 Å². The van der Waals surface area contributed by atoms with Crippen LogP contribution in [0.3, 0.4) is 0 Å². The highest BCUT2D eigenvalue weighted by Gasteiger charge is 2.32. The van der Waals surface area contributed by atoms with Gasteiger partial charge in [0.2, 0.25) is 0 Å². The monoisotopic (exact) mass is 677 g/mol. The maximum atomic E-state index is 12.4. The summed E-state index contributed by atoms with van der Waals surface area (Å²) in [6, 6.07) is 18.5. The summed E-state index contributed by atoms with van der Waals surface area (Å²) < 4.78 is 23.0. The van der Waals surface area contributed by atoms with Gasteiger partial charge in [-0.05, 0) is 88.9 Å². The van der Waals surface area contributed by atoms with Crippen LogP contribution in [-0.2, 0) is 16.1 Å². The molecule has 234 valence electrons. The molecule has 2 atom stereocenters. The molecule has 0 spiro atoms.